The molecule has 3 aromatic rings. The van der Waals surface area contributed by atoms with Crippen LogP contribution in [0.3, 0.4) is 0 Å². The second kappa shape index (κ2) is 9.75. The number of anilines is 1. The molecule has 8 heteroatoms. The zero-order valence-corrected chi connectivity index (χ0v) is 17.8. The molecule has 0 aliphatic carbocycles. The SMILES string of the molecule is COc1ccc(S(=O)(=O)NC(Cc2ccccc2)C(=O)Nc2ccccc2)cc1Cl. The molecule has 0 saturated carbocycles. The molecular weight excluding hydrogens is 424 g/mol. The zero-order valence-electron chi connectivity index (χ0n) is 16.2. The molecule has 0 spiro atoms. The van der Waals surface area contributed by atoms with Gasteiger partial charge in [-0.05, 0) is 42.3 Å². The summed E-state index contributed by atoms with van der Waals surface area (Å²) in [7, 11) is -2.57. The number of rotatable bonds is 8. The van der Waals surface area contributed by atoms with E-state index in [-0.39, 0.29) is 16.3 Å². The fraction of sp³-hybridized carbons (Fsp3) is 0.136. The van der Waals surface area contributed by atoms with Gasteiger partial charge in [0.05, 0.1) is 17.0 Å². The molecule has 0 fully saturated rings. The molecule has 1 atom stereocenters. The summed E-state index contributed by atoms with van der Waals surface area (Å²) in [5.74, 6) is -0.105. The zero-order chi connectivity index (χ0) is 21.6. The van der Waals surface area contributed by atoms with Crippen molar-refractivity contribution in [2.24, 2.45) is 0 Å². The number of ether oxygens (including phenoxy) is 1. The molecule has 2 N–H and O–H groups in total. The minimum absolute atomic E-state index is 0.0566. The van der Waals surface area contributed by atoms with Crippen LogP contribution in [0.25, 0.3) is 0 Å². The number of hydrogen-bond acceptors (Lipinski definition) is 4. The van der Waals surface area contributed by atoms with Crippen LogP contribution in [0, 0.1) is 0 Å². The van der Waals surface area contributed by atoms with Crippen molar-refractivity contribution in [2.45, 2.75) is 17.4 Å². The van der Waals surface area contributed by atoms with Gasteiger partial charge < -0.3 is 10.1 Å². The number of methoxy groups -OCH3 is 1. The van der Waals surface area contributed by atoms with Gasteiger partial charge in [-0.1, -0.05) is 60.1 Å². The molecule has 0 heterocycles. The Morgan fingerprint density at radius 1 is 1.00 bits per heavy atom. The van der Waals surface area contributed by atoms with Crippen LogP contribution >= 0.6 is 11.6 Å². The summed E-state index contributed by atoms with van der Waals surface area (Å²) in [6.45, 7) is 0. The van der Waals surface area contributed by atoms with Gasteiger partial charge in [-0.15, -0.1) is 0 Å². The molecule has 0 radical (unpaired) electrons. The number of amides is 1. The van der Waals surface area contributed by atoms with E-state index in [1.54, 1.807) is 24.3 Å². The standard InChI is InChI=1S/C22H21ClN2O4S/c1-29-21-13-12-18(15-19(21)23)30(27,28)25-20(14-16-8-4-2-5-9-16)22(26)24-17-10-6-3-7-11-17/h2-13,15,20,25H,14H2,1H3,(H,24,26). The Morgan fingerprint density at radius 2 is 1.63 bits per heavy atom. The number of sulfonamides is 1. The molecule has 3 rings (SSSR count). The predicted molar refractivity (Wildman–Crippen MR) is 117 cm³/mol. The van der Waals surface area contributed by atoms with Crippen LogP contribution in [0.2, 0.25) is 5.02 Å². The average Bonchev–Trinajstić information content (AvgIpc) is 2.74. The lowest BCUT2D eigenvalue weighted by Gasteiger charge is -2.19. The molecule has 1 amide bonds. The highest BCUT2D eigenvalue weighted by molar-refractivity contribution is 7.89. The lowest BCUT2D eigenvalue weighted by molar-refractivity contribution is -0.117. The number of para-hydroxylation sites is 1. The molecule has 156 valence electrons. The Hall–Kier alpha value is -2.87. The Morgan fingerprint density at radius 3 is 2.23 bits per heavy atom. The Kier molecular flexibility index (Phi) is 7.10. The van der Waals surface area contributed by atoms with Crippen molar-refractivity contribution >= 4 is 33.2 Å². The summed E-state index contributed by atoms with van der Waals surface area (Å²) in [5.41, 5.74) is 1.40. The second-order valence-corrected chi connectivity index (χ2v) is 8.64. The van der Waals surface area contributed by atoms with Crippen molar-refractivity contribution in [3.63, 3.8) is 0 Å². The first-order valence-corrected chi connectivity index (χ1v) is 11.0. The summed E-state index contributed by atoms with van der Waals surface area (Å²) in [6, 6.07) is 21.1. The molecule has 0 aliphatic heterocycles. The van der Waals surface area contributed by atoms with Gasteiger partial charge in [0.25, 0.3) is 0 Å². The van der Waals surface area contributed by atoms with E-state index in [4.69, 9.17) is 16.3 Å². The molecule has 30 heavy (non-hydrogen) atoms. The monoisotopic (exact) mass is 444 g/mol. The van der Waals surface area contributed by atoms with E-state index in [9.17, 15) is 13.2 Å². The van der Waals surface area contributed by atoms with Gasteiger partial charge in [-0.3, -0.25) is 4.79 Å². The van der Waals surface area contributed by atoms with Crippen LogP contribution in [-0.2, 0) is 21.2 Å². The van der Waals surface area contributed by atoms with Gasteiger partial charge >= 0.3 is 0 Å². The van der Waals surface area contributed by atoms with Crippen molar-refractivity contribution in [3.05, 3.63) is 89.4 Å². The minimum atomic E-state index is -4.02. The first-order valence-electron chi connectivity index (χ1n) is 9.15. The van der Waals surface area contributed by atoms with E-state index >= 15 is 0 Å². The van der Waals surface area contributed by atoms with Crippen molar-refractivity contribution < 1.29 is 17.9 Å². The second-order valence-electron chi connectivity index (χ2n) is 6.52. The van der Waals surface area contributed by atoms with Gasteiger partial charge in [0.1, 0.15) is 11.8 Å². The largest absolute Gasteiger partial charge is 0.495 e. The molecule has 6 nitrogen and oxygen atoms in total. The first kappa shape index (κ1) is 21.8. The summed E-state index contributed by atoms with van der Waals surface area (Å²) in [4.78, 5) is 12.9. The first-order chi connectivity index (χ1) is 14.4. The number of nitrogens with one attached hydrogen (secondary N) is 2. The van der Waals surface area contributed by atoms with E-state index in [0.29, 0.717) is 11.4 Å². The molecule has 0 aliphatic rings. The normalized spacial score (nSPS) is 12.2. The van der Waals surface area contributed by atoms with Crippen LogP contribution < -0.4 is 14.8 Å². The van der Waals surface area contributed by atoms with Crippen molar-refractivity contribution in [3.8, 4) is 5.75 Å². The van der Waals surface area contributed by atoms with Gasteiger partial charge in [-0.2, -0.15) is 4.72 Å². The van der Waals surface area contributed by atoms with E-state index in [1.807, 2.05) is 36.4 Å². The highest BCUT2D eigenvalue weighted by atomic mass is 35.5. The van der Waals surface area contributed by atoms with Crippen LogP contribution in [-0.4, -0.2) is 27.5 Å². The van der Waals surface area contributed by atoms with E-state index < -0.39 is 22.0 Å². The topological polar surface area (TPSA) is 84.5 Å². The summed E-state index contributed by atoms with van der Waals surface area (Å²) in [6.07, 6.45) is 0.183. The van der Waals surface area contributed by atoms with Crippen LogP contribution in [0.5, 0.6) is 5.75 Å². The van der Waals surface area contributed by atoms with Crippen LogP contribution in [0.4, 0.5) is 5.69 Å². The van der Waals surface area contributed by atoms with Crippen LogP contribution in [0.1, 0.15) is 5.56 Å². The Bertz CT molecular complexity index is 1110. The maximum atomic E-state index is 13.0. The number of hydrogen-bond donors (Lipinski definition) is 2. The summed E-state index contributed by atoms with van der Waals surface area (Å²) in [5, 5.41) is 2.91. The molecular formula is C22H21ClN2O4S. The minimum Gasteiger partial charge on any atom is -0.495 e. The van der Waals surface area contributed by atoms with E-state index in [0.717, 1.165) is 5.56 Å². The van der Waals surface area contributed by atoms with Gasteiger partial charge in [0, 0.05) is 5.69 Å². The third kappa shape index (κ3) is 5.60. The number of carbonyl (C=O) groups is 1. The lowest BCUT2D eigenvalue weighted by Crippen LogP contribution is -2.45. The Labute approximate surface area is 180 Å². The lowest BCUT2D eigenvalue weighted by atomic mass is 10.1. The Balaban J connectivity index is 1.87. The van der Waals surface area contributed by atoms with Crippen molar-refractivity contribution in [1.82, 2.24) is 4.72 Å². The number of halogens is 1. The van der Waals surface area contributed by atoms with Crippen molar-refractivity contribution in [2.75, 3.05) is 12.4 Å². The third-order valence-electron chi connectivity index (χ3n) is 4.37. The molecule has 0 saturated heterocycles. The smallest absolute Gasteiger partial charge is 0.242 e. The summed E-state index contributed by atoms with van der Waals surface area (Å²) < 4.78 is 33.5. The average molecular weight is 445 g/mol. The maximum absolute atomic E-state index is 13.0. The van der Waals surface area contributed by atoms with Crippen LogP contribution in [0.15, 0.2) is 83.8 Å². The highest BCUT2D eigenvalue weighted by Crippen LogP contribution is 2.27. The number of carbonyl (C=O) groups excluding carboxylic acids is 1. The number of benzene rings is 3. The van der Waals surface area contributed by atoms with Crippen molar-refractivity contribution in [1.29, 1.82) is 0 Å². The molecule has 0 bridgehead atoms. The fourth-order valence-corrected chi connectivity index (χ4v) is 4.40. The molecule has 3 aromatic carbocycles. The predicted octanol–water partition coefficient (Wildman–Crippen LogP) is 3.88. The summed E-state index contributed by atoms with van der Waals surface area (Å²) >= 11 is 6.08. The van der Waals surface area contributed by atoms with Gasteiger partial charge in [-0.25, -0.2) is 8.42 Å². The van der Waals surface area contributed by atoms with Gasteiger partial charge in [0.15, 0.2) is 0 Å². The van der Waals surface area contributed by atoms with Gasteiger partial charge in [0.2, 0.25) is 15.9 Å². The highest BCUT2D eigenvalue weighted by Gasteiger charge is 2.27. The third-order valence-corrected chi connectivity index (χ3v) is 6.14. The molecule has 0 aromatic heterocycles. The van der Waals surface area contributed by atoms with E-state index in [1.165, 1.54) is 25.3 Å². The van der Waals surface area contributed by atoms with E-state index in [2.05, 4.69) is 10.0 Å². The maximum Gasteiger partial charge on any atom is 0.242 e. The molecule has 1 unspecified atom stereocenters. The fourth-order valence-electron chi connectivity index (χ4n) is 2.86. The quantitative estimate of drug-likeness (QED) is 0.552.